The molecule has 40 heavy (non-hydrogen) atoms. The van der Waals surface area contributed by atoms with Crippen molar-refractivity contribution in [2.45, 2.75) is 65.1 Å². The zero-order chi connectivity index (χ0) is 29.3. The molecule has 0 spiro atoms. The monoisotopic (exact) mass is 550 g/mol. The summed E-state index contributed by atoms with van der Waals surface area (Å²) < 4.78 is 11.7. The molecule has 3 atom stereocenters. The summed E-state index contributed by atoms with van der Waals surface area (Å²) >= 11 is 0. The Hall–Kier alpha value is -3.65. The van der Waals surface area contributed by atoms with E-state index in [9.17, 15) is 19.8 Å². The van der Waals surface area contributed by atoms with Crippen LogP contribution in [0.1, 0.15) is 70.6 Å². The smallest absolute Gasteiger partial charge is 0.410 e. The SMILES string of the molecule is CC(C)COC1=CC(c2ccccc2)C=CC1(CCCN(C[C@H](O)c1cccnc1)C(=O)OC(C)(C)C)C(=O)O. The summed E-state index contributed by atoms with van der Waals surface area (Å²) in [6, 6.07) is 13.3. The summed E-state index contributed by atoms with van der Waals surface area (Å²) in [7, 11) is 0. The number of carboxylic acids is 1. The van der Waals surface area contributed by atoms with Gasteiger partial charge in [0, 0.05) is 30.4 Å². The number of allylic oxidation sites excluding steroid dienone is 2. The molecule has 1 amide bonds. The first-order chi connectivity index (χ1) is 18.9. The van der Waals surface area contributed by atoms with Crippen LogP contribution in [0, 0.1) is 11.3 Å². The second-order valence-electron chi connectivity index (χ2n) is 11.6. The molecule has 1 aliphatic carbocycles. The number of aliphatic hydroxyl groups is 1. The standard InChI is InChI=1S/C32H42N2O6/c1-23(2)22-39-28-19-25(24-11-7-6-8-12-24)14-16-32(28,29(36)37)15-10-18-34(30(38)40-31(3,4)5)21-27(35)26-13-9-17-33-20-26/h6-9,11-14,16-17,19-20,23,25,27,35H,10,15,18,21-22H2,1-5H3,(H,36,37)/t25?,27-,32?/m0/s1. The highest BCUT2D eigenvalue weighted by molar-refractivity contribution is 5.81. The third kappa shape index (κ3) is 8.42. The second kappa shape index (κ2) is 13.6. The molecule has 2 unspecified atom stereocenters. The fourth-order valence-corrected chi connectivity index (χ4v) is 4.54. The van der Waals surface area contributed by atoms with Crippen LogP contribution in [0.2, 0.25) is 0 Å². The van der Waals surface area contributed by atoms with Crippen LogP contribution in [0.25, 0.3) is 0 Å². The summed E-state index contributed by atoms with van der Waals surface area (Å²) in [4.78, 5) is 31.4. The van der Waals surface area contributed by atoms with Gasteiger partial charge in [0.2, 0.25) is 0 Å². The lowest BCUT2D eigenvalue weighted by Crippen LogP contribution is -2.41. The zero-order valence-corrected chi connectivity index (χ0v) is 24.1. The van der Waals surface area contributed by atoms with Crippen LogP contribution < -0.4 is 0 Å². The van der Waals surface area contributed by atoms with Gasteiger partial charge in [-0.25, -0.2) is 4.79 Å². The van der Waals surface area contributed by atoms with Crippen LogP contribution in [0.5, 0.6) is 0 Å². The molecule has 8 nitrogen and oxygen atoms in total. The summed E-state index contributed by atoms with van der Waals surface area (Å²) in [5.74, 6) is -0.498. The van der Waals surface area contributed by atoms with Gasteiger partial charge in [-0.15, -0.1) is 0 Å². The largest absolute Gasteiger partial charge is 0.496 e. The van der Waals surface area contributed by atoms with Crippen molar-refractivity contribution in [3.05, 3.63) is 90.0 Å². The average Bonchev–Trinajstić information content (AvgIpc) is 2.91. The Bertz CT molecular complexity index is 1170. The number of ether oxygens (including phenoxy) is 2. The second-order valence-corrected chi connectivity index (χ2v) is 11.6. The lowest BCUT2D eigenvalue weighted by Gasteiger charge is -2.34. The molecular formula is C32H42N2O6. The van der Waals surface area contributed by atoms with Crippen molar-refractivity contribution in [2.24, 2.45) is 11.3 Å². The van der Waals surface area contributed by atoms with Gasteiger partial charge in [0.1, 0.15) is 16.8 Å². The number of carbonyl (C=O) groups is 2. The molecule has 0 saturated heterocycles. The van der Waals surface area contributed by atoms with Crippen LogP contribution in [0.4, 0.5) is 4.79 Å². The number of benzene rings is 1. The van der Waals surface area contributed by atoms with Crippen molar-refractivity contribution < 1.29 is 29.3 Å². The van der Waals surface area contributed by atoms with Gasteiger partial charge < -0.3 is 24.6 Å². The quantitative estimate of drug-likeness (QED) is 0.307. The van der Waals surface area contributed by atoms with Gasteiger partial charge in [0.05, 0.1) is 19.3 Å². The Labute approximate surface area is 237 Å². The Morgan fingerprint density at radius 2 is 1.85 bits per heavy atom. The van der Waals surface area contributed by atoms with E-state index >= 15 is 0 Å². The number of carboxylic acid groups (broad SMARTS) is 1. The van der Waals surface area contributed by atoms with E-state index in [0.29, 0.717) is 24.4 Å². The predicted molar refractivity (Wildman–Crippen MR) is 154 cm³/mol. The van der Waals surface area contributed by atoms with E-state index in [1.54, 1.807) is 51.4 Å². The first-order valence-electron chi connectivity index (χ1n) is 13.8. The summed E-state index contributed by atoms with van der Waals surface area (Å²) in [6.45, 7) is 9.92. The first kappa shape index (κ1) is 30.9. The minimum absolute atomic E-state index is 0.0147. The molecule has 0 saturated carbocycles. The number of hydrogen-bond donors (Lipinski definition) is 2. The van der Waals surface area contributed by atoms with Gasteiger partial charge in [0.15, 0.2) is 0 Å². The van der Waals surface area contributed by atoms with E-state index in [1.165, 1.54) is 4.90 Å². The third-order valence-corrected chi connectivity index (χ3v) is 6.61. The molecule has 2 aromatic rings. The molecular weight excluding hydrogens is 508 g/mol. The van der Waals surface area contributed by atoms with E-state index in [-0.39, 0.29) is 31.3 Å². The molecule has 1 aromatic carbocycles. The number of hydrogen-bond acceptors (Lipinski definition) is 6. The Morgan fingerprint density at radius 1 is 1.12 bits per heavy atom. The number of rotatable bonds is 12. The van der Waals surface area contributed by atoms with Gasteiger partial charge >= 0.3 is 12.1 Å². The maximum absolute atomic E-state index is 13.1. The average molecular weight is 551 g/mol. The molecule has 3 rings (SSSR count). The van der Waals surface area contributed by atoms with Gasteiger partial charge in [-0.1, -0.05) is 62.4 Å². The van der Waals surface area contributed by atoms with Gasteiger partial charge in [0.25, 0.3) is 0 Å². The lowest BCUT2D eigenvalue weighted by atomic mass is 9.75. The lowest BCUT2D eigenvalue weighted by molar-refractivity contribution is -0.146. The van der Waals surface area contributed by atoms with E-state index in [2.05, 4.69) is 4.98 Å². The molecule has 216 valence electrons. The number of amides is 1. The number of aliphatic hydroxyl groups excluding tert-OH is 1. The highest BCUT2D eigenvalue weighted by Gasteiger charge is 2.44. The number of carbonyl (C=O) groups excluding carboxylic acids is 1. The van der Waals surface area contributed by atoms with Crippen LogP contribution in [0.3, 0.4) is 0 Å². The van der Waals surface area contributed by atoms with Crippen molar-refractivity contribution in [3.8, 4) is 0 Å². The highest BCUT2D eigenvalue weighted by atomic mass is 16.6. The molecule has 0 radical (unpaired) electrons. The normalized spacial score (nSPS) is 19.6. The fourth-order valence-electron chi connectivity index (χ4n) is 4.54. The Kier molecular flexibility index (Phi) is 10.5. The van der Waals surface area contributed by atoms with Crippen molar-refractivity contribution >= 4 is 12.1 Å². The third-order valence-electron chi connectivity index (χ3n) is 6.61. The Balaban J connectivity index is 1.82. The topological polar surface area (TPSA) is 109 Å². The summed E-state index contributed by atoms with van der Waals surface area (Å²) in [5.41, 5.74) is -0.478. The van der Waals surface area contributed by atoms with Crippen LogP contribution >= 0.6 is 0 Å². The summed E-state index contributed by atoms with van der Waals surface area (Å²) in [5, 5.41) is 21.3. The molecule has 1 aromatic heterocycles. The Morgan fingerprint density at radius 3 is 2.45 bits per heavy atom. The van der Waals surface area contributed by atoms with Crippen molar-refractivity contribution in [3.63, 3.8) is 0 Å². The maximum Gasteiger partial charge on any atom is 0.410 e. The van der Waals surface area contributed by atoms with Gasteiger partial charge in [-0.2, -0.15) is 0 Å². The van der Waals surface area contributed by atoms with Gasteiger partial charge in [-0.05, 0) is 57.2 Å². The van der Waals surface area contributed by atoms with Gasteiger partial charge in [-0.3, -0.25) is 9.78 Å². The van der Waals surface area contributed by atoms with E-state index in [1.807, 2.05) is 56.3 Å². The minimum atomic E-state index is -1.37. The fraction of sp³-hybridized carbons (Fsp3) is 0.469. The van der Waals surface area contributed by atoms with Crippen molar-refractivity contribution in [2.75, 3.05) is 19.7 Å². The number of aromatic nitrogens is 1. The molecule has 0 bridgehead atoms. The number of pyridine rings is 1. The highest BCUT2D eigenvalue weighted by Crippen LogP contribution is 2.42. The van der Waals surface area contributed by atoms with E-state index in [0.717, 1.165) is 5.56 Å². The van der Waals surface area contributed by atoms with Crippen molar-refractivity contribution in [1.82, 2.24) is 9.88 Å². The van der Waals surface area contributed by atoms with Crippen LogP contribution in [-0.2, 0) is 14.3 Å². The molecule has 0 fully saturated rings. The van der Waals surface area contributed by atoms with E-state index < -0.39 is 29.2 Å². The number of aliphatic carboxylic acids is 1. The van der Waals surface area contributed by atoms with E-state index in [4.69, 9.17) is 9.47 Å². The minimum Gasteiger partial charge on any atom is -0.496 e. The molecule has 1 aliphatic rings. The predicted octanol–water partition coefficient (Wildman–Crippen LogP) is 6.11. The molecule has 1 heterocycles. The zero-order valence-electron chi connectivity index (χ0n) is 24.1. The van der Waals surface area contributed by atoms with Crippen LogP contribution in [-0.4, -0.2) is 57.5 Å². The van der Waals surface area contributed by atoms with Crippen molar-refractivity contribution in [1.29, 1.82) is 0 Å². The number of nitrogens with zero attached hydrogens (tertiary/aromatic N) is 2. The maximum atomic E-state index is 13.1. The summed E-state index contributed by atoms with van der Waals surface area (Å²) in [6.07, 6.45) is 7.69. The first-order valence-corrected chi connectivity index (χ1v) is 13.8. The molecule has 8 heteroatoms. The van der Waals surface area contributed by atoms with Crippen LogP contribution in [0.15, 0.2) is 78.8 Å². The molecule has 0 aliphatic heterocycles. The molecule has 2 N–H and O–H groups in total.